The number of Topliss-reactive ketones (excluding diaryl/α,β-unsaturated/α-hetero) is 1. The van der Waals surface area contributed by atoms with Crippen molar-refractivity contribution in [3.63, 3.8) is 0 Å². The van der Waals surface area contributed by atoms with Crippen LogP contribution in [0.3, 0.4) is 0 Å². The first kappa shape index (κ1) is 12.9. The summed E-state index contributed by atoms with van der Waals surface area (Å²) in [5.41, 5.74) is 1.77. The predicted molar refractivity (Wildman–Crippen MR) is 79.2 cm³/mol. The molecule has 0 saturated heterocycles. The van der Waals surface area contributed by atoms with Gasteiger partial charge in [-0.15, -0.1) is 0 Å². The molecule has 2 heterocycles. The highest BCUT2D eigenvalue weighted by Gasteiger charge is 2.50. The van der Waals surface area contributed by atoms with E-state index in [1.165, 1.54) is 0 Å². The second-order valence-corrected chi connectivity index (χ2v) is 6.75. The molecule has 1 aromatic rings. The first-order chi connectivity index (χ1) is 10.1. The van der Waals surface area contributed by atoms with E-state index in [1.54, 1.807) is 0 Å². The maximum atomic E-state index is 12.5. The van der Waals surface area contributed by atoms with Crippen LogP contribution in [0.5, 0.6) is 5.75 Å². The largest absolute Gasteiger partial charge is 0.493 e. The molecular formula is C18H20O3. The second kappa shape index (κ2) is 4.36. The van der Waals surface area contributed by atoms with E-state index in [0.29, 0.717) is 13.0 Å². The fourth-order valence-electron chi connectivity index (χ4n) is 4.00. The average Bonchev–Trinajstić information content (AvgIpc) is 2.46. The summed E-state index contributed by atoms with van der Waals surface area (Å²) in [6.07, 6.45) is 2.44. The number of benzene rings is 1. The van der Waals surface area contributed by atoms with Crippen LogP contribution in [-0.4, -0.2) is 18.0 Å². The number of ether oxygens (including phenoxy) is 2. The van der Waals surface area contributed by atoms with Crippen molar-refractivity contribution >= 4 is 5.78 Å². The molecule has 3 heteroatoms. The quantitative estimate of drug-likeness (QED) is 0.730. The van der Waals surface area contributed by atoms with E-state index in [4.69, 9.17) is 9.47 Å². The van der Waals surface area contributed by atoms with Crippen LogP contribution in [-0.2, 0) is 9.53 Å². The van der Waals surface area contributed by atoms with Gasteiger partial charge in [-0.3, -0.25) is 4.79 Å². The Morgan fingerprint density at radius 2 is 2.00 bits per heavy atom. The van der Waals surface area contributed by atoms with E-state index < -0.39 is 0 Å². The third-order valence-electron chi connectivity index (χ3n) is 5.07. The van der Waals surface area contributed by atoms with E-state index in [2.05, 4.69) is 19.9 Å². The number of fused-ring (bicyclic) bond motifs is 4. The zero-order valence-electron chi connectivity index (χ0n) is 12.5. The van der Waals surface area contributed by atoms with Gasteiger partial charge >= 0.3 is 0 Å². The van der Waals surface area contributed by atoms with Crippen LogP contribution in [0, 0.1) is 5.92 Å². The molecule has 1 aliphatic carbocycles. The summed E-state index contributed by atoms with van der Waals surface area (Å²) in [7, 11) is 0. The lowest BCUT2D eigenvalue weighted by molar-refractivity contribution is -0.121. The summed E-state index contributed by atoms with van der Waals surface area (Å²) >= 11 is 0. The van der Waals surface area contributed by atoms with Gasteiger partial charge in [-0.2, -0.15) is 0 Å². The number of carbonyl (C=O) groups excluding carboxylic acids is 1. The van der Waals surface area contributed by atoms with Crippen molar-refractivity contribution < 1.29 is 14.3 Å². The highest BCUT2D eigenvalue weighted by molar-refractivity contribution is 5.98. The van der Waals surface area contributed by atoms with Crippen LogP contribution in [0.15, 0.2) is 35.6 Å². The molecule has 0 bridgehead atoms. The highest BCUT2D eigenvalue weighted by Crippen LogP contribution is 2.53. The number of hydrogen-bond acceptors (Lipinski definition) is 3. The van der Waals surface area contributed by atoms with Gasteiger partial charge in [0.2, 0.25) is 0 Å². The summed E-state index contributed by atoms with van der Waals surface area (Å²) < 4.78 is 12.1. The molecule has 2 atom stereocenters. The van der Waals surface area contributed by atoms with Gasteiger partial charge in [0, 0.05) is 35.8 Å². The molecule has 1 aromatic carbocycles. The van der Waals surface area contributed by atoms with Crippen LogP contribution in [0.4, 0.5) is 0 Å². The van der Waals surface area contributed by atoms with Gasteiger partial charge in [0.1, 0.15) is 17.1 Å². The Balaban J connectivity index is 1.93. The normalized spacial score (nSPS) is 29.7. The van der Waals surface area contributed by atoms with Crippen molar-refractivity contribution in [3.8, 4) is 5.75 Å². The van der Waals surface area contributed by atoms with Gasteiger partial charge in [0.05, 0.1) is 6.61 Å². The average molecular weight is 284 g/mol. The van der Waals surface area contributed by atoms with E-state index in [-0.39, 0.29) is 23.2 Å². The first-order valence-electron chi connectivity index (χ1n) is 7.75. The molecule has 0 N–H and O–H groups in total. The molecule has 0 aromatic heterocycles. The molecule has 2 aliphatic heterocycles. The standard InChI is InChI=1S/C18H20O3/c1-18(2)12-10-20-14-8-4-3-6-11(14)16(12)17-13(19)7-5-9-15(17)21-18/h3-4,6,8,12,16H,5,7,9-10H2,1-2H3/t12-,16-/m1/s1. The van der Waals surface area contributed by atoms with Gasteiger partial charge in [-0.1, -0.05) is 18.2 Å². The van der Waals surface area contributed by atoms with Crippen molar-refractivity contribution in [1.82, 2.24) is 0 Å². The van der Waals surface area contributed by atoms with Gasteiger partial charge < -0.3 is 9.47 Å². The van der Waals surface area contributed by atoms with Crippen LogP contribution in [0.1, 0.15) is 44.6 Å². The number of ketones is 1. The second-order valence-electron chi connectivity index (χ2n) is 6.75. The minimum atomic E-state index is -0.297. The van der Waals surface area contributed by atoms with Crippen molar-refractivity contribution in [2.45, 2.75) is 44.6 Å². The molecule has 4 rings (SSSR count). The first-order valence-corrected chi connectivity index (χ1v) is 7.75. The number of allylic oxidation sites excluding steroid dienone is 2. The smallest absolute Gasteiger partial charge is 0.162 e. The Kier molecular flexibility index (Phi) is 2.69. The summed E-state index contributed by atoms with van der Waals surface area (Å²) in [6, 6.07) is 8.11. The lowest BCUT2D eigenvalue weighted by atomic mass is 9.67. The summed E-state index contributed by atoms with van der Waals surface area (Å²) in [5, 5.41) is 0. The number of carbonyl (C=O) groups is 1. The predicted octanol–water partition coefficient (Wildman–Crippen LogP) is 3.59. The molecule has 0 radical (unpaired) electrons. The Hall–Kier alpha value is -1.77. The molecule has 0 saturated carbocycles. The van der Waals surface area contributed by atoms with Crippen molar-refractivity contribution in [1.29, 1.82) is 0 Å². The van der Waals surface area contributed by atoms with E-state index in [1.807, 2.05) is 18.2 Å². The van der Waals surface area contributed by atoms with Crippen molar-refractivity contribution in [3.05, 3.63) is 41.2 Å². The fraction of sp³-hybridized carbons (Fsp3) is 0.500. The third-order valence-corrected chi connectivity index (χ3v) is 5.07. The van der Waals surface area contributed by atoms with Gasteiger partial charge in [0.25, 0.3) is 0 Å². The lowest BCUT2D eigenvalue weighted by Crippen LogP contribution is -2.49. The molecule has 0 amide bonds. The topological polar surface area (TPSA) is 35.5 Å². The molecule has 110 valence electrons. The monoisotopic (exact) mass is 284 g/mol. The van der Waals surface area contributed by atoms with Crippen molar-refractivity contribution in [2.24, 2.45) is 5.92 Å². The summed E-state index contributed by atoms with van der Waals surface area (Å²) in [5.74, 6) is 2.42. The molecular weight excluding hydrogens is 264 g/mol. The Bertz CT molecular complexity index is 642. The van der Waals surface area contributed by atoms with Crippen LogP contribution in [0.25, 0.3) is 0 Å². The zero-order chi connectivity index (χ0) is 14.6. The van der Waals surface area contributed by atoms with Gasteiger partial charge in [0.15, 0.2) is 5.78 Å². The molecule has 0 fully saturated rings. The highest BCUT2D eigenvalue weighted by atomic mass is 16.5. The molecule has 3 aliphatic rings. The van der Waals surface area contributed by atoms with Crippen molar-refractivity contribution in [2.75, 3.05) is 6.61 Å². The Morgan fingerprint density at radius 3 is 2.86 bits per heavy atom. The molecule has 0 unspecified atom stereocenters. The van der Waals surface area contributed by atoms with Gasteiger partial charge in [-0.05, 0) is 26.3 Å². The maximum Gasteiger partial charge on any atom is 0.162 e. The van der Waals surface area contributed by atoms with Crippen LogP contribution in [0.2, 0.25) is 0 Å². The number of para-hydroxylation sites is 1. The van der Waals surface area contributed by atoms with Gasteiger partial charge in [-0.25, -0.2) is 0 Å². The van der Waals surface area contributed by atoms with E-state index in [9.17, 15) is 4.79 Å². The van der Waals surface area contributed by atoms with Crippen LogP contribution >= 0.6 is 0 Å². The fourth-order valence-corrected chi connectivity index (χ4v) is 4.00. The third kappa shape index (κ3) is 1.83. The zero-order valence-corrected chi connectivity index (χ0v) is 12.5. The summed E-state index contributed by atoms with van der Waals surface area (Å²) in [6.45, 7) is 4.84. The minimum Gasteiger partial charge on any atom is -0.493 e. The summed E-state index contributed by atoms with van der Waals surface area (Å²) in [4.78, 5) is 12.5. The Morgan fingerprint density at radius 1 is 1.19 bits per heavy atom. The maximum absolute atomic E-state index is 12.5. The van der Waals surface area contributed by atoms with Crippen LogP contribution < -0.4 is 4.74 Å². The SMILES string of the molecule is CC1(C)OC2=C(C(=O)CCC2)[C@@H]2c3ccccc3OC[C@H]21. The molecule has 0 spiro atoms. The number of hydrogen-bond donors (Lipinski definition) is 0. The molecule has 21 heavy (non-hydrogen) atoms. The van der Waals surface area contributed by atoms with E-state index in [0.717, 1.165) is 35.5 Å². The Labute approximate surface area is 124 Å². The van der Waals surface area contributed by atoms with E-state index >= 15 is 0 Å². The molecule has 3 nitrogen and oxygen atoms in total. The lowest BCUT2D eigenvalue weighted by Gasteiger charge is -2.49. The minimum absolute atomic E-state index is 0.126. The number of rotatable bonds is 0.